The fourth-order valence-corrected chi connectivity index (χ4v) is 2.87. The zero-order valence-corrected chi connectivity index (χ0v) is 14.1. The Bertz CT molecular complexity index is 834. The Balaban J connectivity index is 1.93. The van der Waals surface area contributed by atoms with E-state index in [1.165, 1.54) is 22.3 Å². The largest absolute Gasteiger partial charge is 0.265 e. The van der Waals surface area contributed by atoms with Gasteiger partial charge in [-0.25, -0.2) is 0 Å². The number of aryl methyl sites for hydroxylation is 2. The highest BCUT2D eigenvalue weighted by atomic mass is 79.9. The molecule has 1 heterocycles. The molecule has 0 amide bonds. The lowest BCUT2D eigenvalue weighted by Crippen LogP contribution is -1.96. The predicted molar refractivity (Wildman–Crippen MR) is 95.9 cm³/mol. The van der Waals surface area contributed by atoms with Crippen LogP contribution in [0.25, 0.3) is 11.1 Å². The number of nitrogens with zero attached hydrogens (tertiary/aromatic N) is 2. The summed E-state index contributed by atoms with van der Waals surface area (Å²) in [6.07, 6.45) is 5.46. The van der Waals surface area contributed by atoms with Gasteiger partial charge in [-0.2, -0.15) is 5.26 Å². The Morgan fingerprint density at radius 1 is 0.913 bits per heavy atom. The van der Waals surface area contributed by atoms with Gasteiger partial charge in [0.25, 0.3) is 0 Å². The lowest BCUT2D eigenvalue weighted by Gasteiger charge is -2.11. The van der Waals surface area contributed by atoms with E-state index in [9.17, 15) is 5.26 Å². The third-order valence-corrected chi connectivity index (χ3v) is 4.35. The van der Waals surface area contributed by atoms with Crippen molar-refractivity contribution in [1.29, 1.82) is 5.26 Å². The fourth-order valence-electron chi connectivity index (χ4n) is 2.61. The van der Waals surface area contributed by atoms with Crippen LogP contribution in [0.5, 0.6) is 0 Å². The molecule has 0 radical (unpaired) electrons. The van der Waals surface area contributed by atoms with Gasteiger partial charge >= 0.3 is 0 Å². The second kappa shape index (κ2) is 7.21. The Morgan fingerprint density at radius 2 is 1.65 bits per heavy atom. The molecule has 1 aromatic heterocycles. The molecule has 112 valence electrons. The zero-order chi connectivity index (χ0) is 16.1. The molecule has 0 unspecified atom stereocenters. The molecule has 3 rings (SSSR count). The second-order valence-electron chi connectivity index (χ2n) is 5.35. The number of pyridine rings is 1. The normalized spacial score (nSPS) is 10.3. The summed E-state index contributed by atoms with van der Waals surface area (Å²) in [5.41, 5.74) is 5.51. The molecule has 3 aromatic rings. The molecule has 0 N–H and O–H groups in total. The number of hydrogen-bond donors (Lipinski definition) is 0. The van der Waals surface area contributed by atoms with Crippen molar-refractivity contribution in [2.45, 2.75) is 12.8 Å². The first-order chi connectivity index (χ1) is 11.3. The maximum absolute atomic E-state index is 9.18. The highest BCUT2D eigenvalue weighted by molar-refractivity contribution is 9.10. The fraction of sp³-hybridized carbons (Fsp3) is 0.100. The van der Waals surface area contributed by atoms with Gasteiger partial charge in [0.1, 0.15) is 0 Å². The average molecular weight is 363 g/mol. The third kappa shape index (κ3) is 3.85. The van der Waals surface area contributed by atoms with E-state index in [-0.39, 0.29) is 0 Å². The first-order valence-corrected chi connectivity index (χ1v) is 8.23. The maximum Gasteiger partial charge on any atom is 0.0991 e. The first-order valence-electron chi connectivity index (χ1n) is 7.44. The molecule has 0 saturated heterocycles. The van der Waals surface area contributed by atoms with Gasteiger partial charge < -0.3 is 0 Å². The van der Waals surface area contributed by atoms with E-state index in [0.29, 0.717) is 5.56 Å². The molecule has 0 aliphatic carbocycles. The van der Waals surface area contributed by atoms with Gasteiger partial charge in [0.15, 0.2) is 0 Å². The summed E-state index contributed by atoms with van der Waals surface area (Å²) in [5, 5.41) is 9.18. The van der Waals surface area contributed by atoms with Crippen molar-refractivity contribution in [3.05, 3.63) is 88.2 Å². The summed E-state index contributed by atoms with van der Waals surface area (Å²) in [5.74, 6) is 0. The van der Waals surface area contributed by atoms with Gasteiger partial charge in [0, 0.05) is 16.9 Å². The van der Waals surface area contributed by atoms with Crippen LogP contribution in [0.2, 0.25) is 0 Å². The van der Waals surface area contributed by atoms with Gasteiger partial charge in [-0.1, -0.05) is 34.1 Å². The number of halogens is 1. The average Bonchev–Trinajstić information content (AvgIpc) is 2.61. The lowest BCUT2D eigenvalue weighted by atomic mass is 9.94. The molecule has 2 nitrogen and oxygen atoms in total. The summed E-state index contributed by atoms with van der Waals surface area (Å²) in [6, 6.07) is 20.5. The molecule has 0 atom stereocenters. The zero-order valence-electron chi connectivity index (χ0n) is 12.5. The predicted octanol–water partition coefficient (Wildman–Crippen LogP) is 5.17. The van der Waals surface area contributed by atoms with Gasteiger partial charge in [-0.3, -0.25) is 4.98 Å². The van der Waals surface area contributed by atoms with E-state index in [2.05, 4.69) is 39.1 Å². The Hall–Kier alpha value is -2.44. The second-order valence-corrected chi connectivity index (χ2v) is 6.26. The first kappa shape index (κ1) is 15.5. The molecule has 0 bridgehead atoms. The van der Waals surface area contributed by atoms with Crippen molar-refractivity contribution < 1.29 is 0 Å². The van der Waals surface area contributed by atoms with Crippen molar-refractivity contribution in [3.63, 3.8) is 0 Å². The van der Waals surface area contributed by atoms with Crippen molar-refractivity contribution in [2.75, 3.05) is 0 Å². The molecule has 0 aliphatic rings. The van der Waals surface area contributed by atoms with Crippen LogP contribution in [0.4, 0.5) is 0 Å². The van der Waals surface area contributed by atoms with E-state index in [0.717, 1.165) is 17.3 Å². The summed E-state index contributed by atoms with van der Waals surface area (Å²) in [6.45, 7) is 0. The lowest BCUT2D eigenvalue weighted by molar-refractivity contribution is 0.956. The van der Waals surface area contributed by atoms with Gasteiger partial charge in [-0.05, 0) is 71.5 Å². The molecule has 0 saturated carbocycles. The molecule has 3 heteroatoms. The minimum Gasteiger partial charge on any atom is -0.265 e. The van der Waals surface area contributed by atoms with Crippen LogP contribution in [-0.4, -0.2) is 4.98 Å². The van der Waals surface area contributed by atoms with Crippen LogP contribution >= 0.6 is 15.9 Å². The van der Waals surface area contributed by atoms with Crippen LogP contribution in [0, 0.1) is 11.3 Å². The Kier molecular flexibility index (Phi) is 4.85. The van der Waals surface area contributed by atoms with Crippen molar-refractivity contribution in [1.82, 2.24) is 4.98 Å². The molecule has 0 spiro atoms. The van der Waals surface area contributed by atoms with E-state index >= 15 is 0 Å². The number of hydrogen-bond acceptors (Lipinski definition) is 2. The smallest absolute Gasteiger partial charge is 0.0991 e. The number of aromatic nitrogens is 1. The number of rotatable bonds is 4. The van der Waals surface area contributed by atoms with Gasteiger partial charge in [0.2, 0.25) is 0 Å². The molecule has 2 aromatic carbocycles. The van der Waals surface area contributed by atoms with Crippen molar-refractivity contribution >= 4 is 15.9 Å². The minimum atomic E-state index is 0.704. The van der Waals surface area contributed by atoms with Crippen LogP contribution < -0.4 is 0 Å². The summed E-state index contributed by atoms with van der Waals surface area (Å²) >= 11 is 3.47. The maximum atomic E-state index is 9.18. The molecular formula is C20H15BrN2. The molecular weight excluding hydrogens is 348 g/mol. The van der Waals surface area contributed by atoms with Crippen LogP contribution in [0.3, 0.4) is 0 Å². The summed E-state index contributed by atoms with van der Waals surface area (Å²) in [4.78, 5) is 4.05. The molecule has 0 aliphatic heterocycles. The number of nitriles is 1. The minimum absolute atomic E-state index is 0.704. The van der Waals surface area contributed by atoms with Crippen LogP contribution in [-0.2, 0) is 12.8 Å². The quantitative estimate of drug-likeness (QED) is 0.641. The van der Waals surface area contributed by atoms with E-state index in [1.807, 2.05) is 54.9 Å². The van der Waals surface area contributed by atoms with E-state index in [4.69, 9.17) is 0 Å². The summed E-state index contributed by atoms with van der Waals surface area (Å²) < 4.78 is 1.06. The Morgan fingerprint density at radius 3 is 2.35 bits per heavy atom. The van der Waals surface area contributed by atoms with Crippen LogP contribution in [0.15, 0.2) is 71.5 Å². The highest BCUT2D eigenvalue weighted by Crippen LogP contribution is 2.27. The Labute approximate surface area is 144 Å². The van der Waals surface area contributed by atoms with Gasteiger partial charge in [-0.15, -0.1) is 0 Å². The van der Waals surface area contributed by atoms with Gasteiger partial charge in [0.05, 0.1) is 11.6 Å². The number of benzene rings is 2. The standard InChI is InChI=1S/C20H15BrN2/c21-19-6-4-17(5-7-19)20-8-2-16(14-22)13-18(20)3-1-15-9-11-23-12-10-15/h2,4-13H,1,3H2. The molecule has 23 heavy (non-hydrogen) atoms. The highest BCUT2D eigenvalue weighted by Gasteiger charge is 2.07. The van der Waals surface area contributed by atoms with Crippen molar-refractivity contribution in [3.8, 4) is 17.2 Å². The topological polar surface area (TPSA) is 36.7 Å². The molecule has 0 fully saturated rings. The van der Waals surface area contributed by atoms with Crippen molar-refractivity contribution in [2.24, 2.45) is 0 Å². The summed E-state index contributed by atoms with van der Waals surface area (Å²) in [7, 11) is 0. The monoisotopic (exact) mass is 362 g/mol. The van der Waals surface area contributed by atoms with E-state index < -0.39 is 0 Å². The van der Waals surface area contributed by atoms with E-state index in [1.54, 1.807) is 0 Å². The van der Waals surface area contributed by atoms with Crippen LogP contribution in [0.1, 0.15) is 16.7 Å². The SMILES string of the molecule is N#Cc1ccc(-c2ccc(Br)cc2)c(CCc2ccncc2)c1. The third-order valence-electron chi connectivity index (χ3n) is 3.82.